The van der Waals surface area contributed by atoms with Crippen LogP contribution in [0.3, 0.4) is 0 Å². The fourth-order valence-corrected chi connectivity index (χ4v) is 2.88. The van der Waals surface area contributed by atoms with Crippen molar-refractivity contribution in [1.29, 1.82) is 0 Å². The average Bonchev–Trinajstić information content (AvgIpc) is 2.80. The lowest BCUT2D eigenvalue weighted by atomic mass is 10.1. The molecular weight excluding hydrogens is 264 g/mol. The molecule has 0 spiro atoms. The van der Waals surface area contributed by atoms with Crippen molar-refractivity contribution in [3.8, 4) is 0 Å². The number of rotatable bonds is 6. The molecule has 1 N–H and O–H groups in total. The summed E-state index contributed by atoms with van der Waals surface area (Å²) < 4.78 is 5.04. The van der Waals surface area contributed by atoms with E-state index in [1.165, 1.54) is 5.56 Å². The molecule has 1 amide bonds. The summed E-state index contributed by atoms with van der Waals surface area (Å²) in [6, 6.07) is 10.7. The van der Waals surface area contributed by atoms with Gasteiger partial charge in [0.2, 0.25) is 5.91 Å². The van der Waals surface area contributed by atoms with Crippen LogP contribution < -0.4 is 5.32 Å². The summed E-state index contributed by atoms with van der Waals surface area (Å²) in [4.78, 5) is 14.5. The lowest BCUT2D eigenvalue weighted by molar-refractivity contribution is -0.126. The third-order valence-electron chi connectivity index (χ3n) is 4.13. The molecule has 1 fully saturated rings. The number of ether oxygens (including phenoxy) is 1. The molecule has 1 heterocycles. The Morgan fingerprint density at radius 2 is 2.10 bits per heavy atom. The van der Waals surface area contributed by atoms with Gasteiger partial charge in [-0.3, -0.25) is 9.69 Å². The molecule has 2 rings (SSSR count). The van der Waals surface area contributed by atoms with Gasteiger partial charge in [0, 0.05) is 32.8 Å². The zero-order chi connectivity index (χ0) is 15.2. The first-order valence-electron chi connectivity index (χ1n) is 7.65. The Balaban J connectivity index is 1.85. The number of carbonyl (C=O) groups excluding carboxylic acids is 1. The molecule has 0 unspecified atom stereocenters. The Hall–Kier alpha value is -1.39. The van der Waals surface area contributed by atoms with Crippen molar-refractivity contribution in [3.63, 3.8) is 0 Å². The minimum atomic E-state index is -0.0922. The molecule has 3 atom stereocenters. The molecule has 1 saturated heterocycles. The fourth-order valence-electron chi connectivity index (χ4n) is 2.88. The normalized spacial score (nSPS) is 24.0. The molecule has 4 heteroatoms. The molecule has 116 valence electrons. The zero-order valence-electron chi connectivity index (χ0n) is 13.2. The van der Waals surface area contributed by atoms with Gasteiger partial charge in [-0.15, -0.1) is 0 Å². The summed E-state index contributed by atoms with van der Waals surface area (Å²) in [6.45, 7) is 7.48. The second-order valence-corrected chi connectivity index (χ2v) is 6.13. The van der Waals surface area contributed by atoms with Crippen LogP contribution in [0.15, 0.2) is 30.3 Å². The molecular formula is C17H26N2O2. The van der Waals surface area contributed by atoms with Gasteiger partial charge in [0.05, 0.1) is 12.5 Å². The van der Waals surface area contributed by atoms with E-state index in [2.05, 4.69) is 41.4 Å². The molecule has 1 aromatic rings. The first-order chi connectivity index (χ1) is 10.1. The van der Waals surface area contributed by atoms with E-state index >= 15 is 0 Å². The Morgan fingerprint density at radius 3 is 2.76 bits per heavy atom. The Labute approximate surface area is 127 Å². The van der Waals surface area contributed by atoms with Crippen molar-refractivity contribution in [2.75, 3.05) is 26.8 Å². The van der Waals surface area contributed by atoms with E-state index in [9.17, 15) is 4.79 Å². The van der Waals surface area contributed by atoms with Crippen molar-refractivity contribution in [2.45, 2.75) is 26.4 Å². The lowest BCUT2D eigenvalue weighted by Gasteiger charge is -2.19. The van der Waals surface area contributed by atoms with Crippen molar-refractivity contribution < 1.29 is 9.53 Å². The lowest BCUT2D eigenvalue weighted by Crippen LogP contribution is -2.43. The second-order valence-electron chi connectivity index (χ2n) is 6.13. The van der Waals surface area contributed by atoms with Crippen LogP contribution in [-0.4, -0.2) is 43.7 Å². The monoisotopic (exact) mass is 290 g/mol. The highest BCUT2D eigenvalue weighted by atomic mass is 16.5. The highest BCUT2D eigenvalue weighted by Crippen LogP contribution is 2.19. The molecule has 0 radical (unpaired) electrons. The van der Waals surface area contributed by atoms with Gasteiger partial charge >= 0.3 is 0 Å². The second kappa shape index (κ2) is 7.57. The number of amides is 1. The minimum Gasteiger partial charge on any atom is -0.384 e. The number of hydrogen-bond donors (Lipinski definition) is 1. The molecule has 1 aromatic carbocycles. The van der Waals surface area contributed by atoms with Gasteiger partial charge in [-0.25, -0.2) is 0 Å². The maximum atomic E-state index is 12.1. The summed E-state index contributed by atoms with van der Waals surface area (Å²) in [6.07, 6.45) is 0. The van der Waals surface area contributed by atoms with E-state index in [0.717, 1.165) is 19.6 Å². The number of likely N-dealkylation sites (tertiary alicyclic amines) is 1. The average molecular weight is 290 g/mol. The molecule has 0 bridgehead atoms. The van der Waals surface area contributed by atoms with Crippen molar-refractivity contribution in [2.24, 2.45) is 11.8 Å². The smallest absolute Gasteiger partial charge is 0.225 e. The Bertz CT molecular complexity index is 449. The number of hydrogen-bond acceptors (Lipinski definition) is 3. The predicted molar refractivity (Wildman–Crippen MR) is 83.9 cm³/mol. The Kier molecular flexibility index (Phi) is 5.76. The highest BCUT2D eigenvalue weighted by molar-refractivity contribution is 5.78. The minimum absolute atomic E-state index is 0.0922. The zero-order valence-corrected chi connectivity index (χ0v) is 13.2. The fraction of sp³-hybridized carbons (Fsp3) is 0.588. The third-order valence-corrected chi connectivity index (χ3v) is 4.13. The predicted octanol–water partition coefficient (Wildman–Crippen LogP) is 1.91. The van der Waals surface area contributed by atoms with E-state index in [0.29, 0.717) is 12.5 Å². The number of nitrogens with one attached hydrogen (secondary N) is 1. The van der Waals surface area contributed by atoms with Crippen LogP contribution in [0.25, 0.3) is 0 Å². The molecule has 1 aliphatic rings. The standard InChI is InChI=1S/C17H26N2O2/c1-13-9-19(10-15-7-5-4-6-8-15)11-16(13)18-17(20)14(2)12-21-3/h4-8,13-14,16H,9-12H2,1-3H3,(H,18,20)/t13-,14-,16-/m0/s1. The van der Waals surface area contributed by atoms with Crippen LogP contribution in [0.5, 0.6) is 0 Å². The van der Waals surface area contributed by atoms with Crippen LogP contribution in [-0.2, 0) is 16.1 Å². The number of carbonyl (C=O) groups is 1. The summed E-state index contributed by atoms with van der Waals surface area (Å²) in [5.41, 5.74) is 1.32. The van der Waals surface area contributed by atoms with Gasteiger partial charge in [-0.2, -0.15) is 0 Å². The summed E-state index contributed by atoms with van der Waals surface area (Å²) in [5, 5.41) is 3.17. The molecule has 0 aromatic heterocycles. The van der Waals surface area contributed by atoms with Gasteiger partial charge in [0.15, 0.2) is 0 Å². The van der Waals surface area contributed by atoms with E-state index in [1.54, 1.807) is 7.11 Å². The van der Waals surface area contributed by atoms with Crippen LogP contribution in [0.4, 0.5) is 0 Å². The van der Waals surface area contributed by atoms with Gasteiger partial charge in [-0.05, 0) is 11.5 Å². The van der Waals surface area contributed by atoms with Gasteiger partial charge in [-0.1, -0.05) is 44.2 Å². The van der Waals surface area contributed by atoms with Gasteiger partial charge in [0.25, 0.3) is 0 Å². The van der Waals surface area contributed by atoms with Crippen LogP contribution in [0.2, 0.25) is 0 Å². The van der Waals surface area contributed by atoms with Crippen molar-refractivity contribution in [3.05, 3.63) is 35.9 Å². The summed E-state index contributed by atoms with van der Waals surface area (Å²) >= 11 is 0. The maximum Gasteiger partial charge on any atom is 0.225 e. The van der Waals surface area contributed by atoms with E-state index in [1.807, 2.05) is 13.0 Å². The summed E-state index contributed by atoms with van der Waals surface area (Å²) in [7, 11) is 1.63. The molecule has 0 saturated carbocycles. The van der Waals surface area contributed by atoms with Gasteiger partial charge < -0.3 is 10.1 Å². The van der Waals surface area contributed by atoms with Crippen LogP contribution in [0.1, 0.15) is 19.4 Å². The Morgan fingerprint density at radius 1 is 1.38 bits per heavy atom. The van der Waals surface area contributed by atoms with Crippen LogP contribution in [0, 0.1) is 11.8 Å². The first-order valence-corrected chi connectivity index (χ1v) is 7.65. The molecule has 0 aliphatic carbocycles. The van der Waals surface area contributed by atoms with Gasteiger partial charge in [0.1, 0.15) is 0 Å². The number of benzene rings is 1. The number of methoxy groups -OCH3 is 1. The first kappa shape index (κ1) is 16.0. The third kappa shape index (κ3) is 4.55. The molecule has 1 aliphatic heterocycles. The largest absolute Gasteiger partial charge is 0.384 e. The maximum absolute atomic E-state index is 12.1. The SMILES string of the molecule is COC[C@H](C)C(=O)N[C@H]1CN(Cc2ccccc2)C[C@@H]1C. The van der Waals surface area contributed by atoms with E-state index < -0.39 is 0 Å². The highest BCUT2D eigenvalue weighted by Gasteiger charge is 2.31. The number of nitrogens with zero attached hydrogens (tertiary/aromatic N) is 1. The quantitative estimate of drug-likeness (QED) is 0.870. The van der Waals surface area contributed by atoms with Crippen molar-refractivity contribution in [1.82, 2.24) is 10.2 Å². The molecule has 4 nitrogen and oxygen atoms in total. The van der Waals surface area contributed by atoms with Crippen molar-refractivity contribution >= 4 is 5.91 Å². The van der Waals surface area contributed by atoms with E-state index in [4.69, 9.17) is 4.74 Å². The molecule has 21 heavy (non-hydrogen) atoms. The van der Waals surface area contributed by atoms with Crippen LogP contribution >= 0.6 is 0 Å². The topological polar surface area (TPSA) is 41.6 Å². The van der Waals surface area contributed by atoms with E-state index in [-0.39, 0.29) is 17.9 Å². The summed E-state index contributed by atoms with van der Waals surface area (Å²) in [5.74, 6) is 0.480.